The molecule has 9 rings (SSSR count). The number of nitrogen functional groups attached to an aromatic ring is 1. The van der Waals surface area contributed by atoms with E-state index in [9.17, 15) is 9.90 Å². The van der Waals surface area contributed by atoms with E-state index in [0.717, 1.165) is 107 Å². The van der Waals surface area contributed by atoms with Crippen LogP contribution in [0, 0.1) is 5.92 Å². The van der Waals surface area contributed by atoms with Crippen LogP contribution in [0.2, 0.25) is 0 Å². The second-order valence-corrected chi connectivity index (χ2v) is 15.8. The summed E-state index contributed by atoms with van der Waals surface area (Å²) in [6.07, 6.45) is 12.2. The number of para-hydroxylation sites is 1. The topological polar surface area (TPSA) is 119 Å². The molecule has 0 spiro atoms. The van der Waals surface area contributed by atoms with Crippen molar-refractivity contribution in [2.75, 3.05) is 74.5 Å². The van der Waals surface area contributed by atoms with Gasteiger partial charge in [-0.15, -0.1) is 10.2 Å². The van der Waals surface area contributed by atoms with Gasteiger partial charge in [-0.2, -0.15) is 0 Å². The maximum atomic E-state index is 13.6. The summed E-state index contributed by atoms with van der Waals surface area (Å²) in [6, 6.07) is 26.2. The van der Waals surface area contributed by atoms with Crippen molar-refractivity contribution < 1.29 is 12.6 Å². The number of hydrogen-bond donors (Lipinski definition) is 3. The molecule has 11 heteroatoms. The van der Waals surface area contributed by atoms with Crippen LogP contribution in [0.25, 0.3) is 22.2 Å². The summed E-state index contributed by atoms with van der Waals surface area (Å²) < 4.78 is 18.8. The van der Waals surface area contributed by atoms with E-state index in [1.54, 1.807) is 18.2 Å². The van der Waals surface area contributed by atoms with Crippen molar-refractivity contribution in [3.8, 4) is 17.0 Å². The number of aromatic nitrogens is 3. The lowest BCUT2D eigenvalue weighted by Crippen LogP contribution is -2.43. The molecule has 0 aliphatic carbocycles. The number of amides is 1. The number of likely N-dealkylation sites (tertiary alicyclic amines) is 2. The van der Waals surface area contributed by atoms with E-state index in [0.29, 0.717) is 35.0 Å². The minimum absolute atomic E-state index is 0.122. The quantitative estimate of drug-likeness (QED) is 0.157. The maximum absolute atomic E-state index is 13.6. The summed E-state index contributed by atoms with van der Waals surface area (Å²) in [5.74, 6) is 1.55. The normalized spacial score (nSPS) is 23.4. The van der Waals surface area contributed by atoms with Crippen molar-refractivity contribution >= 4 is 34.0 Å². The van der Waals surface area contributed by atoms with E-state index in [1.807, 2.05) is 46.3 Å². The zero-order valence-electron chi connectivity index (χ0n) is 33.9. The first-order chi connectivity index (χ1) is 28.3. The van der Waals surface area contributed by atoms with Crippen molar-refractivity contribution in [3.05, 3.63) is 108 Å². The molecule has 3 atom stereocenters. The SMILES string of the molecule is [2H]C1C=CN(c2cccc3c2ccn3C2CCN(CC3CCN(C(=O)c4ccc(C5CCCN(c6cc(-c7ccccc7O)nnc6N)C5)cc4)CC3)CC2)[C@@H]([2H])N1. The summed E-state index contributed by atoms with van der Waals surface area (Å²) in [6.45, 7) is 5.23. The first-order valence-corrected chi connectivity index (χ1v) is 20.2. The van der Waals surface area contributed by atoms with Crippen LogP contribution < -0.4 is 20.9 Å². The molecule has 290 valence electrons. The van der Waals surface area contributed by atoms with E-state index < -0.39 is 13.2 Å². The predicted molar refractivity (Wildman–Crippen MR) is 224 cm³/mol. The number of hydrogen-bond acceptors (Lipinski definition) is 9. The number of carbonyl (C=O) groups excluding carboxylic acids is 1. The fraction of sp³-hybridized carbons (Fsp3) is 0.400. The minimum Gasteiger partial charge on any atom is -0.507 e. The van der Waals surface area contributed by atoms with Crippen LogP contribution in [0.1, 0.15) is 69.1 Å². The fourth-order valence-electron chi connectivity index (χ4n) is 9.30. The van der Waals surface area contributed by atoms with E-state index in [4.69, 9.17) is 8.48 Å². The lowest BCUT2D eigenvalue weighted by molar-refractivity contribution is 0.0653. The van der Waals surface area contributed by atoms with Gasteiger partial charge in [0.05, 0.1) is 30.6 Å². The third kappa shape index (κ3) is 7.45. The van der Waals surface area contributed by atoms with Gasteiger partial charge in [-0.3, -0.25) is 10.1 Å². The van der Waals surface area contributed by atoms with Gasteiger partial charge < -0.3 is 35.0 Å². The largest absolute Gasteiger partial charge is 0.507 e. The second kappa shape index (κ2) is 16.0. The van der Waals surface area contributed by atoms with Gasteiger partial charge in [-0.1, -0.05) is 36.4 Å². The Labute approximate surface area is 332 Å². The lowest BCUT2D eigenvalue weighted by atomic mass is 9.89. The Bertz CT molecular complexity index is 2270. The summed E-state index contributed by atoms with van der Waals surface area (Å²) in [4.78, 5) is 22.5. The molecule has 4 aliphatic rings. The van der Waals surface area contributed by atoms with Crippen molar-refractivity contribution in [2.45, 2.75) is 50.5 Å². The van der Waals surface area contributed by atoms with Crippen molar-refractivity contribution in [3.63, 3.8) is 0 Å². The van der Waals surface area contributed by atoms with Crippen LogP contribution in [-0.4, -0.2) is 94.6 Å². The zero-order valence-corrected chi connectivity index (χ0v) is 31.9. The zero-order chi connectivity index (χ0) is 39.8. The molecule has 4 aliphatic heterocycles. The molecule has 0 radical (unpaired) electrons. The Morgan fingerprint density at radius 1 is 0.893 bits per heavy atom. The molecule has 1 amide bonds. The van der Waals surface area contributed by atoms with Gasteiger partial charge in [0, 0.05) is 94.6 Å². The van der Waals surface area contributed by atoms with E-state index >= 15 is 0 Å². The molecule has 0 saturated carbocycles. The molecule has 11 nitrogen and oxygen atoms in total. The first-order valence-electron chi connectivity index (χ1n) is 21.4. The highest BCUT2D eigenvalue weighted by Crippen LogP contribution is 2.37. The molecular weight excluding hydrogens is 699 g/mol. The number of carbonyl (C=O) groups is 1. The lowest BCUT2D eigenvalue weighted by Gasteiger charge is -2.38. The molecule has 2 unspecified atom stereocenters. The number of nitrogens with zero attached hydrogens (tertiary/aromatic N) is 7. The Hall–Kier alpha value is -5.39. The van der Waals surface area contributed by atoms with E-state index in [2.05, 4.69) is 72.5 Å². The summed E-state index contributed by atoms with van der Waals surface area (Å²) >= 11 is 0. The monoisotopic (exact) mass is 753 g/mol. The Balaban J connectivity index is 0.757. The number of rotatable bonds is 8. The molecule has 3 saturated heterocycles. The first kappa shape index (κ1) is 33.9. The van der Waals surface area contributed by atoms with Gasteiger partial charge in [0.15, 0.2) is 5.82 Å². The van der Waals surface area contributed by atoms with Crippen molar-refractivity contribution in [1.82, 2.24) is 29.9 Å². The van der Waals surface area contributed by atoms with E-state index in [1.165, 1.54) is 11.1 Å². The maximum Gasteiger partial charge on any atom is 0.253 e. The van der Waals surface area contributed by atoms with Gasteiger partial charge in [-0.05, 0) is 98.5 Å². The molecule has 6 heterocycles. The number of nitrogens with one attached hydrogen (secondary N) is 1. The van der Waals surface area contributed by atoms with Crippen LogP contribution in [0.15, 0.2) is 97.3 Å². The number of anilines is 3. The number of fused-ring (bicyclic) bond motifs is 1. The van der Waals surface area contributed by atoms with Crippen LogP contribution in [0.5, 0.6) is 5.75 Å². The fourth-order valence-corrected chi connectivity index (χ4v) is 9.30. The standard InChI is InChI=1S/C45H53N9O2/c46-44-42(28-39(48-49-44)37-7-1-2-10-43(37)55)52-21-4-6-35(30-52)33-11-13-34(14-12-33)45(56)51-25-15-32(16-26-51)29-50-23-17-36(18-24-50)54-27-19-38-40(8-3-9-41(38)54)53-22-5-20-47-31-53/h1-3,5,7-14,19,22,27-28,32,35-36,47,55H,4,6,15-18,20-21,23-26,29-31H2,(H2,46,49)/i20D,31D/t20?,31-,35?/m0/s1. The van der Waals surface area contributed by atoms with Gasteiger partial charge >= 0.3 is 0 Å². The molecule has 5 aromatic rings. The number of nitrogens with two attached hydrogens (primary N) is 1. The third-order valence-electron chi connectivity index (χ3n) is 12.4. The van der Waals surface area contributed by atoms with Gasteiger partial charge in [0.1, 0.15) is 5.75 Å². The third-order valence-corrected chi connectivity index (χ3v) is 12.4. The smallest absolute Gasteiger partial charge is 0.253 e. The predicted octanol–water partition coefficient (Wildman–Crippen LogP) is 6.84. The van der Waals surface area contributed by atoms with Crippen LogP contribution in [0.3, 0.4) is 0 Å². The number of phenolic OH excluding ortho intramolecular Hbond substituents is 1. The molecule has 0 bridgehead atoms. The molecule has 2 aromatic heterocycles. The minimum atomic E-state index is -0.687. The Morgan fingerprint density at radius 3 is 2.52 bits per heavy atom. The van der Waals surface area contributed by atoms with Gasteiger partial charge in [-0.25, -0.2) is 0 Å². The molecule has 3 aromatic carbocycles. The van der Waals surface area contributed by atoms with E-state index in [-0.39, 0.29) is 11.7 Å². The molecule has 56 heavy (non-hydrogen) atoms. The molecular formula is C45H53N9O2. The highest BCUT2D eigenvalue weighted by molar-refractivity contribution is 5.94. The Morgan fingerprint density at radius 2 is 1.71 bits per heavy atom. The highest BCUT2D eigenvalue weighted by atomic mass is 16.3. The van der Waals surface area contributed by atoms with Gasteiger partial charge in [0.2, 0.25) is 0 Å². The second-order valence-electron chi connectivity index (χ2n) is 15.8. The summed E-state index contributed by atoms with van der Waals surface area (Å²) in [5, 5.41) is 23.0. The highest BCUT2D eigenvalue weighted by Gasteiger charge is 2.29. The number of benzene rings is 3. The molecule has 4 N–H and O–H groups in total. The summed E-state index contributed by atoms with van der Waals surface area (Å²) in [5.41, 5.74) is 12.5. The van der Waals surface area contributed by atoms with Crippen molar-refractivity contribution in [2.24, 2.45) is 5.92 Å². The average molecular weight is 754 g/mol. The average Bonchev–Trinajstić information content (AvgIpc) is 3.69. The van der Waals surface area contributed by atoms with Crippen molar-refractivity contribution in [1.29, 1.82) is 0 Å². The number of phenols is 1. The number of aromatic hydroxyl groups is 1. The van der Waals surface area contributed by atoms with Crippen LogP contribution in [-0.2, 0) is 0 Å². The summed E-state index contributed by atoms with van der Waals surface area (Å²) in [7, 11) is 0. The number of piperidine rings is 3. The van der Waals surface area contributed by atoms with Gasteiger partial charge in [0.25, 0.3) is 5.91 Å². The van der Waals surface area contributed by atoms with Crippen LogP contribution in [0.4, 0.5) is 17.2 Å². The van der Waals surface area contributed by atoms with Crippen LogP contribution >= 0.6 is 0 Å². The Kier molecular flexibility index (Phi) is 9.68. The molecule has 3 fully saturated rings.